The highest BCUT2D eigenvalue weighted by atomic mass is 35.5. The number of fused-ring (bicyclic) bond motifs is 1. The fourth-order valence-electron chi connectivity index (χ4n) is 6.60. The van der Waals surface area contributed by atoms with Crippen molar-refractivity contribution in [2.45, 2.75) is 37.5 Å². The zero-order valence-electron chi connectivity index (χ0n) is 23.0. The Morgan fingerprint density at radius 1 is 1.14 bits per heavy atom. The molecule has 1 spiro atoms. The van der Waals surface area contributed by atoms with Crippen molar-refractivity contribution in [1.82, 2.24) is 19.9 Å². The first kappa shape index (κ1) is 27.7. The molecule has 224 valence electrons. The SMILES string of the molecule is CN1CC2(CC2)C[C@H]1COc1nc2c3c(nc(-c4cc(N)cc(Cl)c4C(F)(F)F)c(F)c3n1)OC[C@H]1COC[C@@H]1N2C. The van der Waals surface area contributed by atoms with Gasteiger partial charge in [0.25, 0.3) is 0 Å². The highest BCUT2D eigenvalue weighted by molar-refractivity contribution is 6.32. The standard InChI is InChI=1S/C28H29ClF4N6O3/c1-38-12-27(3-4-27)7-15(38)10-42-26-36-23-19-24(37-26)39(2)18-11-40-8-13(18)9-41-25(19)35-22(21(23)30)16-5-14(34)6-17(29)20(16)28(31,32)33/h5-6,13,15,18H,3-4,7-12,34H2,1-2H3/t13-,15+,18+/m1/s1. The number of nitrogens with two attached hydrogens (primary N) is 1. The number of alkyl halides is 3. The fourth-order valence-corrected chi connectivity index (χ4v) is 6.94. The quantitative estimate of drug-likeness (QED) is 0.331. The van der Waals surface area contributed by atoms with Crippen molar-refractivity contribution in [3.05, 3.63) is 28.5 Å². The number of ether oxygens (including phenoxy) is 3. The lowest BCUT2D eigenvalue weighted by Gasteiger charge is -2.32. The number of nitrogens with zero attached hydrogens (tertiary/aromatic N) is 5. The highest BCUT2D eigenvalue weighted by Crippen LogP contribution is 2.54. The number of hydrogen-bond acceptors (Lipinski definition) is 9. The van der Waals surface area contributed by atoms with E-state index in [0.717, 1.165) is 25.1 Å². The van der Waals surface area contributed by atoms with E-state index in [2.05, 4.69) is 19.9 Å². The minimum atomic E-state index is -4.92. The van der Waals surface area contributed by atoms with Gasteiger partial charge in [-0.05, 0) is 43.9 Å². The van der Waals surface area contributed by atoms with Crippen molar-refractivity contribution >= 4 is 34.0 Å². The fraction of sp³-hybridized carbons (Fsp3) is 0.536. The Kier molecular flexibility index (Phi) is 6.37. The summed E-state index contributed by atoms with van der Waals surface area (Å²) in [5.74, 6) is -0.982. The van der Waals surface area contributed by atoms with Crippen LogP contribution in [0.25, 0.3) is 22.2 Å². The van der Waals surface area contributed by atoms with E-state index in [1.807, 2.05) is 11.9 Å². The summed E-state index contributed by atoms with van der Waals surface area (Å²) in [6, 6.07) is 1.88. The predicted molar refractivity (Wildman–Crippen MR) is 147 cm³/mol. The van der Waals surface area contributed by atoms with Gasteiger partial charge in [-0.15, -0.1) is 0 Å². The molecule has 4 aliphatic rings. The molecule has 2 aromatic heterocycles. The summed E-state index contributed by atoms with van der Waals surface area (Å²) in [6.45, 7) is 2.24. The van der Waals surface area contributed by atoms with Crippen LogP contribution in [0.5, 0.6) is 11.9 Å². The van der Waals surface area contributed by atoms with Crippen LogP contribution in [-0.4, -0.2) is 79.0 Å². The molecule has 0 amide bonds. The summed E-state index contributed by atoms with van der Waals surface area (Å²) >= 11 is 5.99. The van der Waals surface area contributed by atoms with E-state index in [4.69, 9.17) is 31.5 Å². The van der Waals surface area contributed by atoms with Crippen LogP contribution in [0.15, 0.2) is 12.1 Å². The number of likely N-dealkylation sites (tertiary alicyclic amines) is 1. The van der Waals surface area contributed by atoms with Gasteiger partial charge < -0.3 is 24.8 Å². The molecule has 3 aromatic rings. The van der Waals surface area contributed by atoms with E-state index in [9.17, 15) is 13.2 Å². The molecule has 14 heteroatoms. The maximum Gasteiger partial charge on any atom is 0.418 e. The summed E-state index contributed by atoms with van der Waals surface area (Å²) in [6.07, 6.45) is -1.54. The number of rotatable bonds is 4. The average Bonchev–Trinajstić information content (AvgIpc) is 3.36. The summed E-state index contributed by atoms with van der Waals surface area (Å²) < 4.78 is 76.8. The van der Waals surface area contributed by atoms with Crippen LogP contribution >= 0.6 is 11.6 Å². The maximum atomic E-state index is 16.5. The Morgan fingerprint density at radius 2 is 1.93 bits per heavy atom. The number of halogens is 5. The molecule has 1 aromatic carbocycles. The van der Waals surface area contributed by atoms with Crippen LogP contribution in [-0.2, 0) is 10.9 Å². The molecule has 7 rings (SSSR count). The molecule has 5 heterocycles. The largest absolute Gasteiger partial charge is 0.477 e. The van der Waals surface area contributed by atoms with E-state index < -0.39 is 33.8 Å². The Hall–Kier alpha value is -3.16. The van der Waals surface area contributed by atoms with Crippen LogP contribution in [0.4, 0.5) is 29.1 Å². The zero-order valence-corrected chi connectivity index (χ0v) is 23.7. The molecule has 42 heavy (non-hydrogen) atoms. The second-order valence-corrected chi connectivity index (χ2v) is 12.3. The van der Waals surface area contributed by atoms with Gasteiger partial charge in [0.2, 0.25) is 5.88 Å². The number of nitrogen functional groups attached to an aromatic ring is 1. The maximum absolute atomic E-state index is 16.5. The van der Waals surface area contributed by atoms with Crippen LogP contribution in [0.3, 0.4) is 0 Å². The third-order valence-corrected chi connectivity index (χ3v) is 9.33. The van der Waals surface area contributed by atoms with Crippen LogP contribution in [0, 0.1) is 17.2 Å². The number of hydrogen-bond donors (Lipinski definition) is 1. The number of anilines is 2. The van der Waals surface area contributed by atoms with E-state index in [0.29, 0.717) is 24.4 Å². The molecule has 3 fully saturated rings. The molecule has 0 bridgehead atoms. The van der Waals surface area contributed by atoms with E-state index in [1.165, 1.54) is 12.8 Å². The lowest BCUT2D eigenvalue weighted by atomic mass is 10.00. The summed E-state index contributed by atoms with van der Waals surface area (Å²) in [7, 11) is 3.85. The third-order valence-electron chi connectivity index (χ3n) is 9.03. The van der Waals surface area contributed by atoms with Crippen molar-refractivity contribution < 1.29 is 31.8 Å². The molecule has 0 unspecified atom stereocenters. The molecule has 3 atom stereocenters. The molecule has 1 aliphatic carbocycles. The van der Waals surface area contributed by atoms with Crippen molar-refractivity contribution in [1.29, 1.82) is 0 Å². The summed E-state index contributed by atoms with van der Waals surface area (Å²) in [5.41, 5.74) is 3.34. The molecule has 2 saturated heterocycles. The van der Waals surface area contributed by atoms with Crippen molar-refractivity contribution in [3.63, 3.8) is 0 Å². The monoisotopic (exact) mass is 608 g/mol. The van der Waals surface area contributed by atoms with E-state index >= 15 is 4.39 Å². The molecule has 0 radical (unpaired) electrons. The summed E-state index contributed by atoms with van der Waals surface area (Å²) in [5, 5.41) is -0.537. The first-order chi connectivity index (χ1) is 19.9. The molecule has 1 saturated carbocycles. The van der Waals surface area contributed by atoms with Gasteiger partial charge in [-0.25, -0.2) is 9.37 Å². The molecular weight excluding hydrogens is 580 g/mol. The first-order valence-corrected chi connectivity index (χ1v) is 14.2. The lowest BCUT2D eigenvalue weighted by Crippen LogP contribution is -2.41. The first-order valence-electron chi connectivity index (χ1n) is 13.8. The Bertz CT molecular complexity index is 1590. The number of pyridine rings is 1. The van der Waals surface area contributed by atoms with Crippen molar-refractivity contribution in [2.75, 3.05) is 57.7 Å². The van der Waals surface area contributed by atoms with E-state index in [-0.39, 0.29) is 59.7 Å². The van der Waals surface area contributed by atoms with Crippen LogP contribution in [0.1, 0.15) is 24.8 Å². The average molecular weight is 609 g/mol. The van der Waals surface area contributed by atoms with Gasteiger partial charge in [-0.3, -0.25) is 4.90 Å². The van der Waals surface area contributed by atoms with Gasteiger partial charge in [0.1, 0.15) is 29.0 Å². The van der Waals surface area contributed by atoms with Gasteiger partial charge in [-0.1, -0.05) is 11.6 Å². The predicted octanol–water partition coefficient (Wildman–Crippen LogP) is 4.79. The molecule has 3 aliphatic heterocycles. The lowest BCUT2D eigenvalue weighted by molar-refractivity contribution is -0.137. The summed E-state index contributed by atoms with van der Waals surface area (Å²) in [4.78, 5) is 17.4. The van der Waals surface area contributed by atoms with Crippen molar-refractivity contribution in [3.8, 4) is 23.1 Å². The van der Waals surface area contributed by atoms with Gasteiger partial charge in [0, 0.05) is 36.8 Å². The van der Waals surface area contributed by atoms with Crippen molar-refractivity contribution in [2.24, 2.45) is 11.3 Å². The van der Waals surface area contributed by atoms with E-state index in [1.54, 1.807) is 7.05 Å². The second kappa shape index (κ2) is 9.68. The second-order valence-electron chi connectivity index (χ2n) is 11.9. The molecule has 2 N–H and O–H groups in total. The Morgan fingerprint density at radius 3 is 2.64 bits per heavy atom. The Labute approximate surface area is 243 Å². The minimum Gasteiger partial charge on any atom is -0.477 e. The number of aromatic nitrogens is 3. The number of likely N-dealkylation sites (N-methyl/N-ethyl adjacent to an activating group) is 2. The molecule has 9 nitrogen and oxygen atoms in total. The zero-order chi connectivity index (χ0) is 29.6. The topological polar surface area (TPSA) is 98.9 Å². The van der Waals surface area contributed by atoms with Gasteiger partial charge >= 0.3 is 12.2 Å². The highest BCUT2D eigenvalue weighted by Gasteiger charge is 2.51. The Balaban J connectivity index is 1.40. The van der Waals surface area contributed by atoms with Crippen LogP contribution in [0.2, 0.25) is 5.02 Å². The third kappa shape index (κ3) is 4.56. The van der Waals surface area contributed by atoms with Crippen LogP contribution < -0.4 is 20.1 Å². The van der Waals surface area contributed by atoms with Gasteiger partial charge in [0.05, 0.1) is 36.4 Å². The number of benzene rings is 1. The van der Waals surface area contributed by atoms with Gasteiger partial charge in [-0.2, -0.15) is 23.1 Å². The molecular formula is C28H29ClF4N6O3. The smallest absolute Gasteiger partial charge is 0.418 e. The van der Waals surface area contributed by atoms with Gasteiger partial charge in [0.15, 0.2) is 5.82 Å². The normalized spacial score (nSPS) is 24.9. The minimum absolute atomic E-state index is 0.0812.